The van der Waals surface area contributed by atoms with E-state index in [4.69, 9.17) is 0 Å². The fourth-order valence-electron chi connectivity index (χ4n) is 1.36. The molecule has 0 bridgehead atoms. The maximum atomic E-state index is 12.9. The van der Waals surface area contributed by atoms with Crippen LogP contribution >= 0.6 is 22.6 Å². The van der Waals surface area contributed by atoms with Crippen LogP contribution in [0, 0.1) is 3.57 Å². The number of carbonyl (C=O) groups excluding carboxylic acids is 1. The lowest BCUT2D eigenvalue weighted by Crippen LogP contribution is -2.20. The Morgan fingerprint density at radius 2 is 2.05 bits per heavy atom. The average Bonchev–Trinajstić information content (AvgIpc) is 2.26. The van der Waals surface area contributed by atoms with Crippen molar-refractivity contribution in [1.29, 1.82) is 0 Å². The SMILES string of the molecule is CCOC(=O)c1ncc(I)c(C(F)F)c1C(F)(F)F. The Morgan fingerprint density at radius 1 is 1.47 bits per heavy atom. The second kappa shape index (κ2) is 5.97. The average molecular weight is 395 g/mol. The van der Waals surface area contributed by atoms with Gasteiger partial charge >= 0.3 is 12.1 Å². The summed E-state index contributed by atoms with van der Waals surface area (Å²) in [4.78, 5) is 14.6. The van der Waals surface area contributed by atoms with Crippen LogP contribution in [0.5, 0.6) is 0 Å². The molecule has 106 valence electrons. The largest absolute Gasteiger partial charge is 0.461 e. The first-order valence-electron chi connectivity index (χ1n) is 4.91. The van der Waals surface area contributed by atoms with E-state index in [-0.39, 0.29) is 10.2 Å². The topological polar surface area (TPSA) is 39.2 Å². The lowest BCUT2D eigenvalue weighted by atomic mass is 10.1. The molecule has 0 aliphatic carbocycles. The molecule has 0 spiro atoms. The Hall–Kier alpha value is -1.00. The maximum absolute atomic E-state index is 12.9. The van der Waals surface area contributed by atoms with Gasteiger partial charge in [0.05, 0.1) is 12.2 Å². The van der Waals surface area contributed by atoms with Gasteiger partial charge in [-0.25, -0.2) is 18.6 Å². The van der Waals surface area contributed by atoms with E-state index in [1.807, 2.05) is 0 Å². The lowest BCUT2D eigenvalue weighted by molar-refractivity contribution is -0.140. The standard InChI is InChI=1S/C10H7F5INO2/c1-2-19-9(18)7-6(10(13,14)15)5(8(11)12)4(16)3-17-7/h3,8H,2H2,1H3. The summed E-state index contributed by atoms with van der Waals surface area (Å²) in [5, 5.41) is 0. The van der Waals surface area contributed by atoms with Crippen molar-refractivity contribution in [3.63, 3.8) is 0 Å². The Bertz CT molecular complexity index is 490. The summed E-state index contributed by atoms with van der Waals surface area (Å²) in [7, 11) is 0. The van der Waals surface area contributed by atoms with Crippen LogP contribution in [0.15, 0.2) is 6.20 Å². The molecule has 0 amide bonds. The van der Waals surface area contributed by atoms with Crippen molar-refractivity contribution in [2.45, 2.75) is 19.5 Å². The molecule has 3 nitrogen and oxygen atoms in total. The summed E-state index contributed by atoms with van der Waals surface area (Å²) in [6.07, 6.45) is -7.72. The molecular formula is C10H7F5INO2. The minimum Gasteiger partial charge on any atom is -0.461 e. The van der Waals surface area contributed by atoms with Crippen LogP contribution in [0.2, 0.25) is 0 Å². The molecule has 0 aromatic carbocycles. The van der Waals surface area contributed by atoms with Gasteiger partial charge in [0.15, 0.2) is 5.69 Å². The normalized spacial score (nSPS) is 11.8. The van der Waals surface area contributed by atoms with E-state index in [1.54, 1.807) is 0 Å². The van der Waals surface area contributed by atoms with Crippen molar-refractivity contribution in [3.05, 3.63) is 26.6 Å². The third-order valence-electron chi connectivity index (χ3n) is 2.04. The number of aromatic nitrogens is 1. The predicted molar refractivity (Wildman–Crippen MR) is 62.9 cm³/mol. The number of hydrogen-bond donors (Lipinski definition) is 0. The molecule has 0 aliphatic heterocycles. The fraction of sp³-hybridized carbons (Fsp3) is 0.400. The molecule has 1 rings (SSSR count). The molecule has 0 unspecified atom stereocenters. The number of nitrogens with zero attached hydrogens (tertiary/aromatic N) is 1. The van der Waals surface area contributed by atoms with Gasteiger partial charge in [0, 0.05) is 15.3 Å². The van der Waals surface area contributed by atoms with Gasteiger partial charge in [0.25, 0.3) is 6.43 Å². The number of hydrogen-bond acceptors (Lipinski definition) is 3. The second-order valence-corrected chi connectivity index (χ2v) is 4.42. The zero-order chi connectivity index (χ0) is 14.8. The van der Waals surface area contributed by atoms with E-state index in [0.29, 0.717) is 0 Å². The minimum atomic E-state index is -5.12. The predicted octanol–water partition coefficient (Wildman–Crippen LogP) is 3.82. The van der Waals surface area contributed by atoms with Crippen molar-refractivity contribution in [2.24, 2.45) is 0 Å². The van der Waals surface area contributed by atoms with E-state index >= 15 is 0 Å². The summed E-state index contributed by atoms with van der Waals surface area (Å²) < 4.78 is 68.1. The number of alkyl halides is 5. The van der Waals surface area contributed by atoms with Crippen LogP contribution in [0.4, 0.5) is 22.0 Å². The first-order chi connectivity index (χ1) is 8.70. The number of rotatable bonds is 3. The van der Waals surface area contributed by atoms with E-state index < -0.39 is 35.4 Å². The number of halogens is 6. The van der Waals surface area contributed by atoms with E-state index in [0.717, 1.165) is 6.20 Å². The summed E-state index contributed by atoms with van der Waals surface area (Å²) in [5.41, 5.74) is -4.15. The van der Waals surface area contributed by atoms with Crippen LogP contribution in [-0.4, -0.2) is 17.6 Å². The molecule has 0 saturated carbocycles. The molecule has 0 radical (unpaired) electrons. The minimum absolute atomic E-state index is 0.187. The van der Waals surface area contributed by atoms with Crippen molar-refractivity contribution >= 4 is 28.6 Å². The Kier molecular flexibility index (Phi) is 5.04. The zero-order valence-electron chi connectivity index (χ0n) is 9.39. The molecule has 0 atom stereocenters. The highest BCUT2D eigenvalue weighted by Crippen LogP contribution is 2.40. The van der Waals surface area contributed by atoms with Crippen LogP contribution in [0.3, 0.4) is 0 Å². The highest BCUT2D eigenvalue weighted by molar-refractivity contribution is 14.1. The third kappa shape index (κ3) is 3.51. The van der Waals surface area contributed by atoms with Gasteiger partial charge in [-0.2, -0.15) is 13.2 Å². The van der Waals surface area contributed by atoms with E-state index in [2.05, 4.69) is 9.72 Å². The zero-order valence-corrected chi connectivity index (χ0v) is 11.6. The number of pyridine rings is 1. The monoisotopic (exact) mass is 395 g/mol. The molecule has 0 saturated heterocycles. The van der Waals surface area contributed by atoms with Crippen molar-refractivity contribution in [1.82, 2.24) is 4.98 Å². The summed E-state index contributed by atoms with van der Waals surface area (Å²) in [6, 6.07) is 0. The number of esters is 1. The summed E-state index contributed by atoms with van der Waals surface area (Å²) in [5.74, 6) is -1.38. The molecular weight excluding hydrogens is 388 g/mol. The lowest BCUT2D eigenvalue weighted by Gasteiger charge is -2.16. The Balaban J connectivity index is 3.57. The van der Waals surface area contributed by atoms with Gasteiger partial charge in [0.2, 0.25) is 0 Å². The molecule has 0 N–H and O–H groups in total. The Morgan fingerprint density at radius 3 is 2.47 bits per heavy atom. The molecule has 1 aromatic rings. The molecule has 9 heteroatoms. The van der Waals surface area contributed by atoms with Gasteiger partial charge < -0.3 is 4.74 Å². The van der Waals surface area contributed by atoms with Gasteiger partial charge in [-0.3, -0.25) is 0 Å². The van der Waals surface area contributed by atoms with Crippen LogP contribution in [-0.2, 0) is 10.9 Å². The molecule has 0 aliphatic rings. The smallest absolute Gasteiger partial charge is 0.419 e. The molecule has 0 fully saturated rings. The first-order valence-corrected chi connectivity index (χ1v) is 5.98. The van der Waals surface area contributed by atoms with E-state index in [1.165, 1.54) is 29.5 Å². The van der Waals surface area contributed by atoms with Crippen molar-refractivity contribution in [3.8, 4) is 0 Å². The molecule has 1 heterocycles. The fourth-order valence-corrected chi connectivity index (χ4v) is 2.00. The van der Waals surface area contributed by atoms with Crippen molar-refractivity contribution < 1.29 is 31.5 Å². The van der Waals surface area contributed by atoms with E-state index in [9.17, 15) is 26.7 Å². The van der Waals surface area contributed by atoms with Crippen molar-refractivity contribution in [2.75, 3.05) is 6.61 Å². The highest BCUT2D eigenvalue weighted by atomic mass is 127. The third-order valence-corrected chi connectivity index (χ3v) is 2.90. The van der Waals surface area contributed by atoms with Crippen LogP contribution in [0.1, 0.15) is 35.0 Å². The van der Waals surface area contributed by atoms with Gasteiger partial charge in [0.1, 0.15) is 0 Å². The van der Waals surface area contributed by atoms with Gasteiger partial charge in [-0.15, -0.1) is 0 Å². The number of ether oxygens (including phenoxy) is 1. The second-order valence-electron chi connectivity index (χ2n) is 3.26. The Labute approximate surface area is 118 Å². The maximum Gasteiger partial charge on any atom is 0.419 e. The first kappa shape index (κ1) is 16.1. The highest BCUT2D eigenvalue weighted by Gasteiger charge is 2.42. The summed E-state index contributed by atoms with van der Waals surface area (Å²) >= 11 is 1.31. The summed E-state index contributed by atoms with van der Waals surface area (Å²) in [6.45, 7) is 1.19. The molecule has 19 heavy (non-hydrogen) atoms. The van der Waals surface area contributed by atoms with Crippen LogP contribution < -0.4 is 0 Å². The van der Waals surface area contributed by atoms with Gasteiger partial charge in [-0.1, -0.05) is 0 Å². The van der Waals surface area contributed by atoms with Gasteiger partial charge in [-0.05, 0) is 29.5 Å². The molecule has 1 aromatic heterocycles. The quantitative estimate of drug-likeness (QED) is 0.444. The van der Waals surface area contributed by atoms with Crippen LogP contribution in [0.25, 0.3) is 0 Å². The number of carbonyl (C=O) groups is 1.